The van der Waals surface area contributed by atoms with Crippen LogP contribution in [-0.4, -0.2) is 25.8 Å². The lowest BCUT2D eigenvalue weighted by molar-refractivity contribution is 0.117. The number of rotatable bonds is 8. The van der Waals surface area contributed by atoms with Crippen LogP contribution in [0.1, 0.15) is 64.2 Å². The van der Waals surface area contributed by atoms with Crippen molar-refractivity contribution in [2.24, 2.45) is 11.8 Å². The molecule has 2 aliphatic carbocycles. The molecule has 1 N–H and O–H groups in total. The molecule has 0 aliphatic heterocycles. The van der Waals surface area contributed by atoms with Crippen molar-refractivity contribution in [2.75, 3.05) is 19.8 Å². The van der Waals surface area contributed by atoms with Gasteiger partial charge >= 0.3 is 0 Å². The van der Waals surface area contributed by atoms with E-state index in [0.717, 1.165) is 44.1 Å². The van der Waals surface area contributed by atoms with Gasteiger partial charge in [-0.1, -0.05) is 51.0 Å². The zero-order valence-corrected chi connectivity index (χ0v) is 13.1. The first-order valence-corrected chi connectivity index (χ1v) is 8.84. The predicted molar refractivity (Wildman–Crippen MR) is 86.0 cm³/mol. The Kier molecular flexibility index (Phi) is 7.67. The van der Waals surface area contributed by atoms with Gasteiger partial charge in [0.2, 0.25) is 0 Å². The van der Waals surface area contributed by atoms with Crippen LogP contribution in [0, 0.1) is 11.8 Å². The largest absolute Gasteiger partial charge is 0.380 e. The summed E-state index contributed by atoms with van der Waals surface area (Å²) in [5, 5.41) is 3.80. The van der Waals surface area contributed by atoms with Crippen molar-refractivity contribution in [1.82, 2.24) is 5.32 Å². The fraction of sp³-hybridized carbons (Fsp3) is 0.889. The van der Waals surface area contributed by atoms with Crippen LogP contribution in [0.25, 0.3) is 0 Å². The summed E-state index contributed by atoms with van der Waals surface area (Å²) in [4.78, 5) is 0. The molecule has 2 heteroatoms. The molecule has 0 bridgehead atoms. The van der Waals surface area contributed by atoms with Gasteiger partial charge in [0.15, 0.2) is 0 Å². The second-order valence-corrected chi connectivity index (χ2v) is 6.60. The second-order valence-electron chi connectivity index (χ2n) is 6.60. The summed E-state index contributed by atoms with van der Waals surface area (Å²) >= 11 is 0. The topological polar surface area (TPSA) is 21.3 Å². The summed E-state index contributed by atoms with van der Waals surface area (Å²) in [6.45, 7) is 6.41. The number of hydrogen-bond acceptors (Lipinski definition) is 2. The molecule has 0 spiro atoms. The van der Waals surface area contributed by atoms with E-state index in [2.05, 4.69) is 11.9 Å². The van der Waals surface area contributed by atoms with Crippen molar-refractivity contribution in [3.05, 3.63) is 12.7 Å². The Morgan fingerprint density at radius 1 is 0.950 bits per heavy atom. The van der Waals surface area contributed by atoms with Gasteiger partial charge in [0.25, 0.3) is 0 Å². The van der Waals surface area contributed by atoms with Gasteiger partial charge in [-0.25, -0.2) is 0 Å². The summed E-state index contributed by atoms with van der Waals surface area (Å²) in [6.07, 6.45) is 16.0. The zero-order valence-electron chi connectivity index (χ0n) is 13.1. The molecule has 0 aromatic rings. The summed E-state index contributed by atoms with van der Waals surface area (Å²) in [6, 6.07) is 0.759. The van der Waals surface area contributed by atoms with Crippen LogP contribution >= 0.6 is 0 Å². The van der Waals surface area contributed by atoms with Crippen LogP contribution in [0.4, 0.5) is 0 Å². The van der Waals surface area contributed by atoms with E-state index in [-0.39, 0.29) is 0 Å². The Balaban J connectivity index is 1.68. The van der Waals surface area contributed by atoms with Crippen LogP contribution in [0.15, 0.2) is 12.7 Å². The first-order valence-electron chi connectivity index (χ1n) is 8.84. The lowest BCUT2D eigenvalue weighted by Crippen LogP contribution is -2.43. The summed E-state index contributed by atoms with van der Waals surface area (Å²) < 4.78 is 5.61. The number of hydrogen-bond donors (Lipinski definition) is 1. The highest BCUT2D eigenvalue weighted by Crippen LogP contribution is 2.38. The van der Waals surface area contributed by atoms with Gasteiger partial charge in [-0.2, -0.15) is 0 Å². The molecule has 2 fully saturated rings. The minimum Gasteiger partial charge on any atom is -0.380 e. The third-order valence-corrected chi connectivity index (χ3v) is 5.19. The van der Waals surface area contributed by atoms with Crippen molar-refractivity contribution in [3.8, 4) is 0 Å². The van der Waals surface area contributed by atoms with Crippen molar-refractivity contribution in [3.63, 3.8) is 0 Å². The molecule has 116 valence electrons. The Hall–Kier alpha value is -0.340. The van der Waals surface area contributed by atoms with Crippen molar-refractivity contribution in [1.29, 1.82) is 0 Å². The fourth-order valence-corrected chi connectivity index (χ4v) is 4.12. The minimum absolute atomic E-state index is 0.759. The third kappa shape index (κ3) is 5.21. The normalized spacial score (nSPS) is 28.4. The quantitative estimate of drug-likeness (QED) is 0.528. The van der Waals surface area contributed by atoms with Gasteiger partial charge in [0, 0.05) is 12.6 Å². The van der Waals surface area contributed by atoms with Gasteiger partial charge in [-0.15, -0.1) is 6.58 Å². The van der Waals surface area contributed by atoms with E-state index in [0.29, 0.717) is 0 Å². The Bertz CT molecular complexity index is 260. The van der Waals surface area contributed by atoms with Crippen LogP contribution in [0.3, 0.4) is 0 Å². The van der Waals surface area contributed by atoms with Gasteiger partial charge in [0.05, 0.1) is 13.2 Å². The minimum atomic E-state index is 0.759. The fourth-order valence-electron chi connectivity index (χ4n) is 4.12. The van der Waals surface area contributed by atoms with Crippen molar-refractivity contribution in [2.45, 2.75) is 70.3 Å². The maximum Gasteiger partial charge on any atom is 0.0591 e. The monoisotopic (exact) mass is 279 g/mol. The van der Waals surface area contributed by atoms with Crippen molar-refractivity contribution < 1.29 is 4.74 Å². The highest BCUT2D eigenvalue weighted by Gasteiger charge is 2.31. The van der Waals surface area contributed by atoms with E-state index in [9.17, 15) is 0 Å². The highest BCUT2D eigenvalue weighted by molar-refractivity contribution is 4.86. The smallest absolute Gasteiger partial charge is 0.0591 e. The molecule has 2 unspecified atom stereocenters. The summed E-state index contributed by atoms with van der Waals surface area (Å²) in [5.74, 6) is 1.94. The van der Waals surface area contributed by atoms with E-state index >= 15 is 0 Å². The molecule has 2 atom stereocenters. The summed E-state index contributed by atoms with van der Waals surface area (Å²) in [5.41, 5.74) is 0. The standard InChI is InChI=1S/C18H33NO/c1-2-3-14-20-15-13-19-18-12-8-7-11-17(18)16-9-5-4-6-10-16/h2,16-19H,1,3-15H2. The van der Waals surface area contributed by atoms with Gasteiger partial charge in [0.1, 0.15) is 0 Å². The van der Waals surface area contributed by atoms with Crippen LogP contribution < -0.4 is 5.32 Å². The van der Waals surface area contributed by atoms with E-state index in [1.165, 1.54) is 57.8 Å². The highest BCUT2D eigenvalue weighted by atomic mass is 16.5. The Labute approximate surface area is 125 Å². The van der Waals surface area contributed by atoms with E-state index in [4.69, 9.17) is 4.74 Å². The Morgan fingerprint density at radius 3 is 2.50 bits per heavy atom. The predicted octanol–water partition coefficient (Wildman–Crippen LogP) is 4.31. The molecular formula is C18H33NO. The van der Waals surface area contributed by atoms with Gasteiger partial charge in [-0.3, -0.25) is 0 Å². The maximum absolute atomic E-state index is 5.61. The van der Waals surface area contributed by atoms with Gasteiger partial charge in [-0.05, 0) is 31.1 Å². The van der Waals surface area contributed by atoms with E-state index < -0.39 is 0 Å². The molecule has 0 amide bonds. The Morgan fingerprint density at radius 2 is 1.70 bits per heavy atom. The molecular weight excluding hydrogens is 246 g/mol. The van der Waals surface area contributed by atoms with Crippen LogP contribution in [0.2, 0.25) is 0 Å². The summed E-state index contributed by atoms with van der Waals surface area (Å²) in [7, 11) is 0. The molecule has 20 heavy (non-hydrogen) atoms. The average Bonchev–Trinajstić information content (AvgIpc) is 2.52. The van der Waals surface area contributed by atoms with E-state index in [1.807, 2.05) is 6.08 Å². The molecule has 2 saturated carbocycles. The number of ether oxygens (including phenoxy) is 1. The molecule has 0 saturated heterocycles. The van der Waals surface area contributed by atoms with Crippen molar-refractivity contribution >= 4 is 0 Å². The molecule has 0 aromatic carbocycles. The third-order valence-electron chi connectivity index (χ3n) is 5.19. The van der Waals surface area contributed by atoms with E-state index in [1.54, 1.807) is 0 Å². The van der Waals surface area contributed by atoms with Gasteiger partial charge < -0.3 is 10.1 Å². The maximum atomic E-state index is 5.61. The lowest BCUT2D eigenvalue weighted by atomic mass is 9.71. The van der Waals surface area contributed by atoms with Crippen LogP contribution in [0.5, 0.6) is 0 Å². The lowest BCUT2D eigenvalue weighted by Gasteiger charge is -2.39. The first-order chi connectivity index (χ1) is 9.92. The number of nitrogens with one attached hydrogen (secondary N) is 1. The molecule has 2 nitrogen and oxygen atoms in total. The molecule has 0 aromatic heterocycles. The molecule has 0 radical (unpaired) electrons. The molecule has 2 rings (SSSR count). The first kappa shape index (κ1) is 16.0. The molecule has 0 heterocycles. The van der Waals surface area contributed by atoms with Crippen LogP contribution in [-0.2, 0) is 4.74 Å². The zero-order chi connectivity index (χ0) is 14.0. The molecule has 2 aliphatic rings. The SMILES string of the molecule is C=CCCOCCNC1CCCCC1C1CCCCC1. The average molecular weight is 279 g/mol. The second kappa shape index (κ2) is 9.57.